The number of anilines is 1. The number of carbonyl (C=O) groups is 2. The molecule has 1 aromatic carbocycles. The third kappa shape index (κ3) is 4.08. The van der Waals surface area contributed by atoms with Crippen molar-refractivity contribution in [3.05, 3.63) is 77.4 Å². The second-order valence-corrected chi connectivity index (χ2v) is 5.27. The van der Waals surface area contributed by atoms with Gasteiger partial charge in [-0.25, -0.2) is 9.97 Å². The van der Waals surface area contributed by atoms with Crippen molar-refractivity contribution in [3.63, 3.8) is 0 Å². The number of nitrogens with zero attached hydrogens (tertiary/aromatic N) is 2. The van der Waals surface area contributed by atoms with E-state index >= 15 is 0 Å². The minimum atomic E-state index is -0.427. The van der Waals surface area contributed by atoms with Crippen LogP contribution >= 0.6 is 0 Å². The van der Waals surface area contributed by atoms with Gasteiger partial charge in [-0.15, -0.1) is 0 Å². The topological polar surface area (TPSA) is 97.1 Å². The fourth-order valence-corrected chi connectivity index (χ4v) is 2.31. The molecular weight excluding hydrogens is 320 g/mol. The van der Waals surface area contributed by atoms with Gasteiger partial charge in [0.25, 0.3) is 11.8 Å². The Labute approximate surface area is 144 Å². The average Bonchev–Trinajstić information content (AvgIpc) is 3.14. The van der Waals surface area contributed by atoms with Gasteiger partial charge in [-0.05, 0) is 17.7 Å². The van der Waals surface area contributed by atoms with Crippen LogP contribution < -0.4 is 10.6 Å². The van der Waals surface area contributed by atoms with Crippen molar-refractivity contribution in [2.45, 2.75) is 6.42 Å². The molecule has 3 rings (SSSR count). The van der Waals surface area contributed by atoms with Crippen molar-refractivity contribution in [1.82, 2.24) is 15.3 Å². The standard InChI is InChI=1S/C18H16N4O3/c1-19-17(24)15-11-13(16(23)22-18-20-7-8-25-18)10-14(21-15)9-12-5-3-2-4-6-12/h2-8,10-11H,9H2,1H3,(H,19,24)(H,20,22,23). The Balaban J connectivity index is 1.92. The molecule has 126 valence electrons. The number of oxazole rings is 1. The maximum Gasteiger partial charge on any atom is 0.301 e. The number of hydrogen-bond acceptors (Lipinski definition) is 5. The van der Waals surface area contributed by atoms with Gasteiger partial charge < -0.3 is 9.73 Å². The van der Waals surface area contributed by atoms with Gasteiger partial charge in [0.15, 0.2) is 0 Å². The predicted molar refractivity (Wildman–Crippen MR) is 91.3 cm³/mol. The highest BCUT2D eigenvalue weighted by molar-refractivity contribution is 6.04. The van der Waals surface area contributed by atoms with Gasteiger partial charge in [0.2, 0.25) is 0 Å². The molecule has 2 N–H and O–H groups in total. The van der Waals surface area contributed by atoms with Crippen LogP contribution in [0.4, 0.5) is 6.01 Å². The summed E-state index contributed by atoms with van der Waals surface area (Å²) in [5.74, 6) is -0.788. The van der Waals surface area contributed by atoms with E-state index in [1.165, 1.54) is 25.6 Å². The van der Waals surface area contributed by atoms with E-state index in [1.807, 2.05) is 30.3 Å². The smallest absolute Gasteiger partial charge is 0.301 e. The summed E-state index contributed by atoms with van der Waals surface area (Å²) in [6.45, 7) is 0. The van der Waals surface area contributed by atoms with Crippen molar-refractivity contribution >= 4 is 17.8 Å². The Morgan fingerprint density at radius 2 is 1.92 bits per heavy atom. The van der Waals surface area contributed by atoms with Gasteiger partial charge in [-0.2, -0.15) is 0 Å². The van der Waals surface area contributed by atoms with Crippen LogP contribution in [0.2, 0.25) is 0 Å². The molecule has 0 aliphatic carbocycles. The van der Waals surface area contributed by atoms with Crippen LogP contribution in [0, 0.1) is 0 Å². The fraction of sp³-hybridized carbons (Fsp3) is 0.111. The molecule has 0 aliphatic rings. The molecule has 0 radical (unpaired) electrons. The molecule has 3 aromatic rings. The molecule has 0 spiro atoms. The van der Waals surface area contributed by atoms with Gasteiger partial charge in [0.1, 0.15) is 12.0 Å². The molecule has 7 nitrogen and oxygen atoms in total. The number of amides is 2. The Bertz CT molecular complexity index is 877. The van der Waals surface area contributed by atoms with Crippen molar-refractivity contribution in [2.75, 3.05) is 12.4 Å². The lowest BCUT2D eigenvalue weighted by Gasteiger charge is -2.08. The summed E-state index contributed by atoms with van der Waals surface area (Å²) < 4.78 is 5.01. The highest BCUT2D eigenvalue weighted by atomic mass is 16.4. The lowest BCUT2D eigenvalue weighted by atomic mass is 10.1. The zero-order valence-corrected chi connectivity index (χ0v) is 13.5. The lowest BCUT2D eigenvalue weighted by molar-refractivity contribution is 0.0958. The number of aromatic nitrogens is 2. The molecule has 0 aliphatic heterocycles. The molecule has 7 heteroatoms. The highest BCUT2D eigenvalue weighted by Crippen LogP contribution is 2.13. The number of hydrogen-bond donors (Lipinski definition) is 2. The number of rotatable bonds is 5. The monoisotopic (exact) mass is 336 g/mol. The molecule has 2 heterocycles. The fourth-order valence-electron chi connectivity index (χ4n) is 2.31. The predicted octanol–water partition coefficient (Wildman–Crippen LogP) is 2.27. The SMILES string of the molecule is CNC(=O)c1cc(C(=O)Nc2ncco2)cc(Cc2ccccc2)n1. The second-order valence-electron chi connectivity index (χ2n) is 5.27. The van der Waals surface area contributed by atoms with Crippen LogP contribution in [-0.2, 0) is 6.42 Å². The largest absolute Gasteiger partial charge is 0.432 e. The van der Waals surface area contributed by atoms with Crippen LogP contribution in [0.3, 0.4) is 0 Å². The summed E-state index contributed by atoms with van der Waals surface area (Å²) in [5.41, 5.74) is 2.12. The zero-order chi connectivity index (χ0) is 17.6. The summed E-state index contributed by atoms with van der Waals surface area (Å²) in [6, 6.07) is 12.9. The molecule has 0 unspecified atom stereocenters. The molecule has 2 aromatic heterocycles. The van der Waals surface area contributed by atoms with E-state index in [0.717, 1.165) is 5.56 Å². The maximum absolute atomic E-state index is 12.4. The summed E-state index contributed by atoms with van der Waals surface area (Å²) in [6.07, 6.45) is 3.29. The number of nitrogens with one attached hydrogen (secondary N) is 2. The number of pyridine rings is 1. The van der Waals surface area contributed by atoms with Crippen LogP contribution in [0.5, 0.6) is 0 Å². The molecule has 0 saturated carbocycles. The first-order valence-corrected chi connectivity index (χ1v) is 7.63. The van der Waals surface area contributed by atoms with E-state index in [9.17, 15) is 9.59 Å². The lowest BCUT2D eigenvalue weighted by Crippen LogP contribution is -2.21. The maximum atomic E-state index is 12.4. The third-order valence-electron chi connectivity index (χ3n) is 3.48. The van der Waals surface area contributed by atoms with E-state index < -0.39 is 5.91 Å². The van der Waals surface area contributed by atoms with Crippen LogP contribution in [0.15, 0.2) is 59.3 Å². The minimum Gasteiger partial charge on any atom is -0.432 e. The first-order valence-electron chi connectivity index (χ1n) is 7.63. The van der Waals surface area contributed by atoms with Crippen molar-refractivity contribution in [2.24, 2.45) is 0 Å². The normalized spacial score (nSPS) is 10.3. The highest BCUT2D eigenvalue weighted by Gasteiger charge is 2.15. The molecular formula is C18H16N4O3. The third-order valence-corrected chi connectivity index (χ3v) is 3.48. The van der Waals surface area contributed by atoms with Crippen molar-refractivity contribution in [3.8, 4) is 0 Å². The van der Waals surface area contributed by atoms with Gasteiger partial charge >= 0.3 is 6.01 Å². The molecule has 0 bridgehead atoms. The van der Waals surface area contributed by atoms with E-state index in [-0.39, 0.29) is 17.6 Å². The van der Waals surface area contributed by atoms with Gasteiger partial charge in [-0.3, -0.25) is 14.9 Å². The first kappa shape index (κ1) is 16.4. The van der Waals surface area contributed by atoms with Crippen molar-refractivity contribution < 1.29 is 14.0 Å². The first-order chi connectivity index (χ1) is 12.2. The summed E-state index contributed by atoms with van der Waals surface area (Å²) in [5, 5.41) is 5.06. The Morgan fingerprint density at radius 3 is 2.60 bits per heavy atom. The summed E-state index contributed by atoms with van der Waals surface area (Å²) in [4.78, 5) is 32.6. The molecule has 0 saturated heterocycles. The summed E-state index contributed by atoms with van der Waals surface area (Å²) in [7, 11) is 1.51. The molecule has 2 amide bonds. The Morgan fingerprint density at radius 1 is 1.12 bits per heavy atom. The quantitative estimate of drug-likeness (QED) is 0.745. The second kappa shape index (κ2) is 7.39. The minimum absolute atomic E-state index is 0.0907. The van der Waals surface area contributed by atoms with Gasteiger partial charge in [-0.1, -0.05) is 30.3 Å². The van der Waals surface area contributed by atoms with Crippen LogP contribution in [0.25, 0.3) is 0 Å². The van der Waals surface area contributed by atoms with E-state index in [2.05, 4.69) is 20.6 Å². The number of carbonyl (C=O) groups excluding carboxylic acids is 2. The van der Waals surface area contributed by atoms with E-state index in [0.29, 0.717) is 17.7 Å². The van der Waals surface area contributed by atoms with Gasteiger partial charge in [0.05, 0.1) is 6.20 Å². The zero-order valence-electron chi connectivity index (χ0n) is 13.5. The van der Waals surface area contributed by atoms with Crippen molar-refractivity contribution in [1.29, 1.82) is 0 Å². The molecule has 0 fully saturated rings. The average molecular weight is 336 g/mol. The Kier molecular flexibility index (Phi) is 4.84. The van der Waals surface area contributed by atoms with Crippen LogP contribution in [0.1, 0.15) is 32.1 Å². The molecule has 25 heavy (non-hydrogen) atoms. The van der Waals surface area contributed by atoms with Crippen LogP contribution in [-0.4, -0.2) is 28.8 Å². The summed E-state index contributed by atoms with van der Waals surface area (Å²) >= 11 is 0. The molecule has 0 atom stereocenters. The van der Waals surface area contributed by atoms with E-state index in [1.54, 1.807) is 6.07 Å². The Hall–Kier alpha value is -3.48. The van der Waals surface area contributed by atoms with E-state index in [4.69, 9.17) is 4.42 Å². The van der Waals surface area contributed by atoms with Gasteiger partial charge in [0, 0.05) is 24.7 Å². The number of benzene rings is 1.